The van der Waals surface area contributed by atoms with Crippen LogP contribution in [0.25, 0.3) is 11.0 Å². The third-order valence-corrected chi connectivity index (χ3v) is 5.05. The number of nitrogens with one attached hydrogen (secondary N) is 1. The smallest absolute Gasteiger partial charge is 0.408 e. The highest BCUT2D eigenvalue weighted by Gasteiger charge is 2.27. The molecule has 0 atom stereocenters. The van der Waals surface area contributed by atoms with Gasteiger partial charge in [-0.15, -0.1) is 0 Å². The van der Waals surface area contributed by atoms with E-state index in [2.05, 4.69) is 14.5 Å². The minimum Gasteiger partial charge on any atom is -0.444 e. The average Bonchev–Trinajstić information content (AvgIpc) is 3.09. The number of aliphatic hydroxyl groups is 2. The predicted octanol–water partition coefficient (Wildman–Crippen LogP) is 4.49. The fourth-order valence-electron chi connectivity index (χ4n) is 3.59. The van der Waals surface area contributed by atoms with Crippen molar-refractivity contribution in [3.8, 4) is 0 Å². The molecule has 1 aromatic heterocycles. The van der Waals surface area contributed by atoms with Gasteiger partial charge in [-0.05, 0) is 34.6 Å². The second-order valence-corrected chi connectivity index (χ2v) is 8.39. The number of halogens is 1. The fourth-order valence-corrected chi connectivity index (χ4v) is 3.87. The molecule has 34 heavy (non-hydrogen) atoms. The number of aromatic nitrogens is 2. The van der Waals surface area contributed by atoms with Crippen LogP contribution in [0.15, 0.2) is 12.1 Å². The monoisotopic (exact) mass is 501 g/mol. The molecule has 0 radical (unpaired) electrons. The Morgan fingerprint density at radius 1 is 1.12 bits per heavy atom. The van der Waals surface area contributed by atoms with Crippen molar-refractivity contribution >= 4 is 34.4 Å². The molecular formula is C25H46ClN4O4+. The van der Waals surface area contributed by atoms with E-state index in [0.29, 0.717) is 37.7 Å². The molecule has 1 aromatic carbocycles. The number of fused-ring (bicyclic) bond motifs is 1. The highest BCUT2D eigenvalue weighted by molar-refractivity contribution is 6.34. The lowest BCUT2D eigenvalue weighted by atomic mass is 10.2. The van der Waals surface area contributed by atoms with Gasteiger partial charge >= 0.3 is 6.09 Å². The van der Waals surface area contributed by atoms with Gasteiger partial charge in [0.2, 0.25) is 0 Å². The van der Waals surface area contributed by atoms with Gasteiger partial charge < -0.3 is 25.2 Å². The number of aliphatic hydroxyl groups excluding tert-OH is 2. The zero-order valence-electron chi connectivity index (χ0n) is 22.5. The lowest BCUT2D eigenvalue weighted by molar-refractivity contribution is -0.676. The Hall–Kier alpha value is -2.03. The van der Waals surface area contributed by atoms with Crippen LogP contribution in [0.4, 0.5) is 10.5 Å². The van der Waals surface area contributed by atoms with Crippen molar-refractivity contribution in [1.82, 2.24) is 9.88 Å². The number of anilines is 1. The van der Waals surface area contributed by atoms with E-state index in [0.717, 1.165) is 22.5 Å². The number of carbonyl (C=O) groups is 1. The lowest BCUT2D eigenvalue weighted by Gasteiger charge is -2.23. The fraction of sp³-hybridized carbons (Fsp3) is 0.680. The SMILES string of the molecule is CC.CC.CCn1c(CNC(=O)OC(C)(C)C)[n+](CC)c2cc(N(CCO)CCO)c(Cl)cc21. The molecule has 0 bridgehead atoms. The highest BCUT2D eigenvalue weighted by atomic mass is 35.5. The van der Waals surface area contributed by atoms with Crippen LogP contribution in [0.1, 0.15) is 68.1 Å². The van der Waals surface area contributed by atoms with Crippen molar-refractivity contribution in [2.45, 2.75) is 87.5 Å². The summed E-state index contributed by atoms with van der Waals surface area (Å²) < 4.78 is 9.61. The number of hydrogen-bond acceptors (Lipinski definition) is 5. The molecule has 3 N–H and O–H groups in total. The molecule has 2 aromatic rings. The second-order valence-electron chi connectivity index (χ2n) is 7.99. The number of benzene rings is 1. The number of alkyl carbamates (subject to hydrolysis) is 1. The van der Waals surface area contributed by atoms with E-state index in [-0.39, 0.29) is 13.2 Å². The molecule has 0 saturated heterocycles. The molecule has 9 heteroatoms. The van der Waals surface area contributed by atoms with Gasteiger partial charge in [-0.2, -0.15) is 0 Å². The molecule has 1 amide bonds. The first-order valence-corrected chi connectivity index (χ1v) is 12.7. The summed E-state index contributed by atoms with van der Waals surface area (Å²) in [6, 6.07) is 3.89. The molecular weight excluding hydrogens is 456 g/mol. The molecule has 196 valence electrons. The summed E-state index contributed by atoms with van der Waals surface area (Å²) in [5, 5.41) is 22.2. The van der Waals surface area contributed by atoms with Crippen LogP contribution in [0.2, 0.25) is 5.02 Å². The van der Waals surface area contributed by atoms with Crippen molar-refractivity contribution in [3.63, 3.8) is 0 Å². The van der Waals surface area contributed by atoms with Crippen molar-refractivity contribution in [2.75, 3.05) is 31.2 Å². The van der Waals surface area contributed by atoms with E-state index < -0.39 is 11.7 Å². The first-order chi connectivity index (χ1) is 16.2. The van der Waals surface area contributed by atoms with Gasteiger partial charge in [0.05, 0.1) is 37.0 Å². The van der Waals surface area contributed by atoms with Crippen molar-refractivity contribution in [3.05, 3.63) is 23.0 Å². The summed E-state index contributed by atoms with van der Waals surface area (Å²) in [7, 11) is 0. The minimum absolute atomic E-state index is 0.0385. The van der Waals surface area contributed by atoms with E-state index >= 15 is 0 Å². The molecule has 1 heterocycles. The first kappa shape index (κ1) is 32.0. The van der Waals surface area contributed by atoms with Crippen LogP contribution < -0.4 is 14.8 Å². The molecule has 2 rings (SSSR count). The summed E-state index contributed by atoms with van der Waals surface area (Å²) in [5.41, 5.74) is 2.13. The number of imidazole rings is 1. The third kappa shape index (κ3) is 8.64. The predicted molar refractivity (Wildman–Crippen MR) is 141 cm³/mol. The molecule has 0 aliphatic carbocycles. The third-order valence-electron chi connectivity index (χ3n) is 4.75. The number of nitrogens with zero attached hydrogens (tertiary/aromatic N) is 3. The van der Waals surface area contributed by atoms with E-state index in [1.165, 1.54) is 0 Å². The molecule has 0 aliphatic heterocycles. The number of aryl methyl sites for hydroxylation is 2. The zero-order valence-corrected chi connectivity index (χ0v) is 23.3. The van der Waals surface area contributed by atoms with Crippen LogP contribution in [-0.4, -0.2) is 52.8 Å². The van der Waals surface area contributed by atoms with Gasteiger partial charge in [-0.1, -0.05) is 39.3 Å². The molecule has 0 spiro atoms. The van der Waals surface area contributed by atoms with Gasteiger partial charge in [0.25, 0.3) is 5.82 Å². The summed E-state index contributed by atoms with van der Waals surface area (Å²) in [6.07, 6.45) is -0.464. The van der Waals surface area contributed by atoms with E-state index in [1.807, 2.05) is 79.3 Å². The Bertz CT molecular complexity index is 872. The van der Waals surface area contributed by atoms with Gasteiger partial charge in [0.1, 0.15) is 12.1 Å². The minimum atomic E-state index is -0.562. The Kier molecular flexibility index (Phi) is 14.8. The van der Waals surface area contributed by atoms with E-state index in [4.69, 9.17) is 16.3 Å². The lowest BCUT2D eigenvalue weighted by Crippen LogP contribution is -2.41. The van der Waals surface area contributed by atoms with Gasteiger partial charge in [0.15, 0.2) is 11.0 Å². The Balaban J connectivity index is 0.00000258. The Morgan fingerprint density at radius 2 is 1.68 bits per heavy atom. The Labute approximate surface area is 210 Å². The number of hydrogen-bond donors (Lipinski definition) is 3. The molecule has 0 aliphatic rings. The van der Waals surface area contributed by atoms with Crippen LogP contribution in [0, 0.1) is 0 Å². The maximum atomic E-state index is 12.2. The molecule has 0 fully saturated rings. The molecule has 8 nitrogen and oxygen atoms in total. The highest BCUT2D eigenvalue weighted by Crippen LogP contribution is 2.31. The van der Waals surface area contributed by atoms with Crippen molar-refractivity contribution < 1.29 is 24.3 Å². The summed E-state index contributed by atoms with van der Waals surface area (Å²) in [4.78, 5) is 14.0. The summed E-state index contributed by atoms with van der Waals surface area (Å²) >= 11 is 6.59. The maximum absolute atomic E-state index is 12.2. The first-order valence-electron chi connectivity index (χ1n) is 12.3. The summed E-state index contributed by atoms with van der Waals surface area (Å²) in [6.45, 7) is 20.0. The normalized spacial score (nSPS) is 10.7. The quantitative estimate of drug-likeness (QED) is 0.440. The van der Waals surface area contributed by atoms with Gasteiger partial charge in [-0.25, -0.2) is 13.9 Å². The van der Waals surface area contributed by atoms with Gasteiger partial charge in [0, 0.05) is 25.2 Å². The van der Waals surface area contributed by atoms with Crippen LogP contribution in [-0.2, 0) is 24.4 Å². The number of carbonyl (C=O) groups excluding carboxylic acids is 1. The van der Waals surface area contributed by atoms with Gasteiger partial charge in [-0.3, -0.25) is 0 Å². The van der Waals surface area contributed by atoms with Crippen molar-refractivity contribution in [2.24, 2.45) is 0 Å². The second kappa shape index (κ2) is 15.8. The topological polar surface area (TPSA) is 90.8 Å². The zero-order chi connectivity index (χ0) is 26.5. The maximum Gasteiger partial charge on any atom is 0.408 e. The number of amides is 1. The van der Waals surface area contributed by atoms with E-state index in [1.54, 1.807) is 0 Å². The molecule has 0 saturated carbocycles. The van der Waals surface area contributed by atoms with Crippen LogP contribution >= 0.6 is 11.6 Å². The standard InChI is InChI=1S/C21H33ClN4O4.2C2H6/c1-6-25-17-12-15(22)16(24(8-10-27)9-11-28)13-18(17)26(7-2)19(25)14-23-20(29)30-21(3,4)5;2*1-2/h12-13,27-28H,6-11,14H2,1-5H3;2*1-2H3/p+1. The number of rotatable bonds is 9. The molecule has 0 unspecified atom stereocenters. The van der Waals surface area contributed by atoms with Crippen molar-refractivity contribution in [1.29, 1.82) is 0 Å². The van der Waals surface area contributed by atoms with Crippen LogP contribution in [0.3, 0.4) is 0 Å². The van der Waals surface area contributed by atoms with E-state index in [9.17, 15) is 15.0 Å². The number of ether oxygens (including phenoxy) is 1. The largest absolute Gasteiger partial charge is 0.444 e. The van der Waals surface area contributed by atoms with Crippen LogP contribution in [0.5, 0.6) is 0 Å². The summed E-state index contributed by atoms with van der Waals surface area (Å²) in [5.74, 6) is 0.935. The Morgan fingerprint density at radius 3 is 2.12 bits per heavy atom. The average molecular weight is 502 g/mol.